The summed E-state index contributed by atoms with van der Waals surface area (Å²) in [7, 11) is 0.442. The van der Waals surface area contributed by atoms with Gasteiger partial charge >= 0.3 is 0 Å². The summed E-state index contributed by atoms with van der Waals surface area (Å²) >= 11 is 0. The van der Waals surface area contributed by atoms with Crippen molar-refractivity contribution in [1.82, 2.24) is 4.90 Å². The Balaban J connectivity index is 1.75. The topological polar surface area (TPSA) is 30.9 Å². The summed E-state index contributed by atoms with van der Waals surface area (Å²) in [5.74, 6) is 0. The van der Waals surface area contributed by atoms with E-state index in [1.807, 2.05) is 7.11 Å². The first-order valence-corrected chi connectivity index (χ1v) is 11.7. The van der Waals surface area contributed by atoms with Crippen molar-refractivity contribution in [3.8, 4) is 0 Å². The predicted octanol–water partition coefficient (Wildman–Crippen LogP) is 2.89. The molecule has 0 aromatic rings. The van der Waals surface area contributed by atoms with Gasteiger partial charge in [-0.15, -0.1) is 0 Å². The molecular formula is C16H33NO3Si. The van der Waals surface area contributed by atoms with Crippen molar-refractivity contribution < 1.29 is 13.9 Å². The minimum atomic E-state index is -1.42. The summed E-state index contributed by atoms with van der Waals surface area (Å²) < 4.78 is 17.3. The minimum Gasteiger partial charge on any atom is -0.420 e. The van der Waals surface area contributed by atoms with Crippen LogP contribution in [0.4, 0.5) is 0 Å². The van der Waals surface area contributed by atoms with Gasteiger partial charge in [0.05, 0.1) is 12.2 Å². The fourth-order valence-corrected chi connectivity index (χ4v) is 4.45. The molecule has 0 saturated carbocycles. The van der Waals surface area contributed by atoms with Crippen LogP contribution in [0.25, 0.3) is 0 Å². The van der Waals surface area contributed by atoms with Crippen LogP contribution in [-0.4, -0.2) is 65.4 Å². The van der Waals surface area contributed by atoms with Crippen LogP contribution < -0.4 is 0 Å². The maximum absolute atomic E-state index is 5.82. The van der Waals surface area contributed by atoms with Gasteiger partial charge in [-0.05, 0) is 57.8 Å². The quantitative estimate of drug-likeness (QED) is 0.612. The molecule has 0 radical (unpaired) electrons. The van der Waals surface area contributed by atoms with E-state index >= 15 is 0 Å². The maximum Gasteiger partial charge on any atom is 0.186 e. The van der Waals surface area contributed by atoms with Crippen molar-refractivity contribution in [2.45, 2.75) is 63.5 Å². The fourth-order valence-electron chi connectivity index (χ4n) is 3.24. The molecule has 0 aromatic carbocycles. The Bertz CT molecular complexity index is 271. The van der Waals surface area contributed by atoms with Gasteiger partial charge in [0.25, 0.3) is 0 Å². The summed E-state index contributed by atoms with van der Waals surface area (Å²) in [5.41, 5.74) is 0. The van der Waals surface area contributed by atoms with Gasteiger partial charge in [0.2, 0.25) is 0 Å². The van der Waals surface area contributed by atoms with Crippen LogP contribution in [0.1, 0.15) is 32.1 Å². The highest BCUT2D eigenvalue weighted by Gasteiger charge is 2.25. The second-order valence-electron chi connectivity index (χ2n) is 7.10. The summed E-state index contributed by atoms with van der Waals surface area (Å²) in [6.07, 6.45) is 7.01. The Morgan fingerprint density at radius 1 is 1.05 bits per heavy atom. The number of ether oxygens (including phenoxy) is 2. The highest BCUT2D eigenvalue weighted by Crippen LogP contribution is 2.19. The first kappa shape index (κ1) is 17.4. The molecule has 0 amide bonds. The lowest BCUT2D eigenvalue weighted by molar-refractivity contribution is 0.0376. The van der Waals surface area contributed by atoms with Crippen molar-refractivity contribution >= 4 is 8.32 Å². The highest BCUT2D eigenvalue weighted by atomic mass is 28.4. The molecule has 2 atom stereocenters. The molecule has 2 aliphatic rings. The van der Waals surface area contributed by atoms with Crippen molar-refractivity contribution in [3.05, 3.63) is 0 Å². The molecule has 0 spiro atoms. The second kappa shape index (κ2) is 8.63. The zero-order valence-electron chi connectivity index (χ0n) is 14.1. The Labute approximate surface area is 131 Å². The van der Waals surface area contributed by atoms with Crippen molar-refractivity contribution in [2.24, 2.45) is 0 Å². The lowest BCUT2D eigenvalue weighted by atomic mass is 10.2. The molecule has 2 fully saturated rings. The van der Waals surface area contributed by atoms with E-state index in [1.165, 1.54) is 38.1 Å². The summed E-state index contributed by atoms with van der Waals surface area (Å²) in [6.45, 7) is 9.81. The maximum atomic E-state index is 5.82. The summed E-state index contributed by atoms with van der Waals surface area (Å²) in [4.78, 5) is 2.58. The third kappa shape index (κ3) is 6.36. The highest BCUT2D eigenvalue weighted by molar-refractivity contribution is 6.71. The van der Waals surface area contributed by atoms with Crippen LogP contribution in [0.2, 0.25) is 19.1 Å². The first-order chi connectivity index (χ1) is 10.1. The van der Waals surface area contributed by atoms with Gasteiger partial charge in [0.1, 0.15) is 0 Å². The van der Waals surface area contributed by atoms with Crippen LogP contribution >= 0.6 is 0 Å². The van der Waals surface area contributed by atoms with Crippen molar-refractivity contribution in [1.29, 1.82) is 0 Å². The van der Waals surface area contributed by atoms with Crippen LogP contribution in [0.5, 0.6) is 0 Å². The van der Waals surface area contributed by atoms with E-state index in [4.69, 9.17) is 13.9 Å². The van der Waals surface area contributed by atoms with Gasteiger partial charge in [-0.25, -0.2) is 0 Å². The average Bonchev–Trinajstić information content (AvgIpc) is 3.12. The van der Waals surface area contributed by atoms with Crippen LogP contribution in [0.3, 0.4) is 0 Å². The molecule has 21 heavy (non-hydrogen) atoms. The smallest absolute Gasteiger partial charge is 0.186 e. The van der Waals surface area contributed by atoms with Crippen molar-refractivity contribution in [3.63, 3.8) is 0 Å². The fraction of sp³-hybridized carbons (Fsp3) is 1.00. The van der Waals surface area contributed by atoms with Gasteiger partial charge in [0.15, 0.2) is 8.32 Å². The van der Waals surface area contributed by atoms with E-state index < -0.39 is 8.32 Å². The van der Waals surface area contributed by atoms with E-state index in [2.05, 4.69) is 18.0 Å². The third-order valence-corrected chi connectivity index (χ3v) is 7.44. The Morgan fingerprint density at radius 2 is 1.62 bits per heavy atom. The van der Waals surface area contributed by atoms with E-state index in [0.29, 0.717) is 12.2 Å². The van der Waals surface area contributed by atoms with Gasteiger partial charge < -0.3 is 13.9 Å². The monoisotopic (exact) mass is 315 g/mol. The van der Waals surface area contributed by atoms with Crippen LogP contribution in [-0.2, 0) is 13.9 Å². The lowest BCUT2D eigenvalue weighted by Gasteiger charge is -2.28. The molecular weight excluding hydrogens is 282 g/mol. The van der Waals surface area contributed by atoms with Crippen LogP contribution in [0.15, 0.2) is 0 Å². The molecule has 2 rings (SSSR count). The molecule has 0 aliphatic carbocycles. The molecule has 2 aliphatic heterocycles. The summed E-state index contributed by atoms with van der Waals surface area (Å²) in [5, 5.41) is 0. The molecule has 2 heterocycles. The molecule has 5 heteroatoms. The van der Waals surface area contributed by atoms with E-state index in [1.54, 1.807) is 0 Å². The molecule has 2 unspecified atom stereocenters. The van der Waals surface area contributed by atoms with E-state index in [9.17, 15) is 0 Å². The number of hydrogen-bond donors (Lipinski definition) is 0. The molecule has 0 bridgehead atoms. The Kier molecular flexibility index (Phi) is 7.15. The van der Waals surface area contributed by atoms with Gasteiger partial charge in [-0.2, -0.15) is 0 Å². The standard InChI is InChI=1S/C16H33NO3Si/c1-18-21(2,3)12-6-9-17(13-15-7-4-10-19-15)14-16-8-5-11-20-16/h15-16H,4-14H2,1-3H3. The minimum absolute atomic E-state index is 0.444. The second-order valence-corrected chi connectivity index (χ2v) is 11.5. The number of nitrogens with zero attached hydrogens (tertiary/aromatic N) is 1. The first-order valence-electron chi connectivity index (χ1n) is 8.60. The van der Waals surface area contributed by atoms with E-state index in [-0.39, 0.29) is 0 Å². The van der Waals surface area contributed by atoms with Gasteiger partial charge in [-0.3, -0.25) is 4.90 Å². The number of hydrogen-bond acceptors (Lipinski definition) is 4. The number of rotatable bonds is 9. The average molecular weight is 316 g/mol. The van der Waals surface area contributed by atoms with Crippen LogP contribution in [0, 0.1) is 0 Å². The zero-order chi connectivity index (χ0) is 15.1. The molecule has 0 aromatic heterocycles. The molecule has 4 nitrogen and oxygen atoms in total. The zero-order valence-corrected chi connectivity index (χ0v) is 15.1. The normalized spacial score (nSPS) is 26.9. The SMILES string of the molecule is CO[Si](C)(C)CCCN(CC1CCCO1)CC1CCCO1. The predicted molar refractivity (Wildman–Crippen MR) is 88.3 cm³/mol. The van der Waals surface area contributed by atoms with E-state index in [0.717, 1.165) is 32.8 Å². The lowest BCUT2D eigenvalue weighted by Crippen LogP contribution is -2.39. The molecule has 0 N–H and O–H groups in total. The summed E-state index contributed by atoms with van der Waals surface area (Å²) in [6, 6.07) is 1.23. The Hall–Kier alpha value is 0.0569. The Morgan fingerprint density at radius 3 is 2.05 bits per heavy atom. The largest absolute Gasteiger partial charge is 0.420 e. The third-order valence-electron chi connectivity index (χ3n) is 4.78. The van der Waals surface area contributed by atoms with Gasteiger partial charge in [-0.1, -0.05) is 0 Å². The molecule has 2 saturated heterocycles. The molecule has 124 valence electrons. The van der Waals surface area contributed by atoms with Gasteiger partial charge in [0, 0.05) is 33.4 Å². The van der Waals surface area contributed by atoms with Crippen molar-refractivity contribution in [2.75, 3.05) is 40.0 Å².